The van der Waals surface area contributed by atoms with Crippen LogP contribution in [0.2, 0.25) is 0 Å². The van der Waals surface area contributed by atoms with E-state index in [0.29, 0.717) is 0 Å². The van der Waals surface area contributed by atoms with Gasteiger partial charge < -0.3 is 5.73 Å². The van der Waals surface area contributed by atoms with Crippen LogP contribution in [0.25, 0.3) is 0 Å². The van der Waals surface area contributed by atoms with Crippen molar-refractivity contribution in [2.24, 2.45) is 11.7 Å². The molecule has 0 aliphatic rings. The van der Waals surface area contributed by atoms with Crippen molar-refractivity contribution in [3.05, 3.63) is 28.2 Å². The van der Waals surface area contributed by atoms with Gasteiger partial charge in [-0.05, 0) is 46.5 Å². The molecular weight excluding hydrogens is 282 g/mol. The van der Waals surface area contributed by atoms with Crippen LogP contribution in [0.1, 0.15) is 38.8 Å². The summed E-state index contributed by atoms with van der Waals surface area (Å²) in [5.74, 6) is 1.94. The molecule has 1 rings (SSSR count). The summed E-state index contributed by atoms with van der Waals surface area (Å²) in [4.78, 5) is 1.31. The van der Waals surface area contributed by atoms with Crippen LogP contribution in [0.15, 0.2) is 27.6 Å². The molecule has 90 valence electrons. The van der Waals surface area contributed by atoms with Gasteiger partial charge in [0.05, 0.1) is 0 Å². The Balaban J connectivity index is 2.68. The fourth-order valence-electron chi connectivity index (χ4n) is 1.27. The maximum absolute atomic E-state index is 5.85. The summed E-state index contributed by atoms with van der Waals surface area (Å²) in [5, 5.41) is 0. The Kier molecular flexibility index (Phi) is 5.87. The number of thioether (sulfide) groups is 1. The number of nitrogens with two attached hydrogens (primary N) is 1. The smallest absolute Gasteiger partial charge is 0.0314 e. The third-order valence-electron chi connectivity index (χ3n) is 2.70. The van der Waals surface area contributed by atoms with Crippen molar-refractivity contribution in [2.45, 2.75) is 38.1 Å². The molecule has 16 heavy (non-hydrogen) atoms. The molecule has 0 saturated heterocycles. The largest absolute Gasteiger partial charge is 0.324 e. The number of hydrogen-bond acceptors (Lipinski definition) is 2. The average Bonchev–Trinajstić information content (AvgIpc) is 2.26. The molecule has 0 fully saturated rings. The minimum Gasteiger partial charge on any atom is -0.324 e. The van der Waals surface area contributed by atoms with E-state index >= 15 is 0 Å². The maximum Gasteiger partial charge on any atom is 0.0314 e. The molecule has 1 unspecified atom stereocenters. The minimum absolute atomic E-state index is 0.102. The van der Waals surface area contributed by atoms with E-state index in [2.05, 4.69) is 48.0 Å². The third kappa shape index (κ3) is 4.11. The summed E-state index contributed by atoms with van der Waals surface area (Å²) in [6, 6.07) is 6.51. The van der Waals surface area contributed by atoms with E-state index in [1.165, 1.54) is 22.6 Å². The van der Waals surface area contributed by atoms with Crippen LogP contribution in [-0.4, -0.2) is 5.75 Å². The van der Waals surface area contributed by atoms with Crippen LogP contribution in [0.5, 0.6) is 0 Å². The van der Waals surface area contributed by atoms with Crippen molar-refractivity contribution < 1.29 is 0 Å². The summed E-state index contributed by atoms with van der Waals surface area (Å²) < 4.78 is 1.16. The zero-order valence-electron chi connectivity index (χ0n) is 10.2. The highest BCUT2D eigenvalue weighted by Crippen LogP contribution is 2.31. The molecule has 1 aromatic carbocycles. The lowest BCUT2D eigenvalue weighted by Crippen LogP contribution is -2.04. The highest BCUT2D eigenvalue weighted by atomic mass is 79.9. The SMILES string of the molecule is CCC(C)CSc1ccc([C@@H](C)N)cc1Br. The highest BCUT2D eigenvalue weighted by molar-refractivity contribution is 9.10. The standard InChI is InChI=1S/C13H20BrNS/c1-4-9(2)8-16-13-6-5-11(10(3)15)7-12(13)14/h5-7,9-10H,4,8,15H2,1-3H3/t9?,10-/m1/s1. The highest BCUT2D eigenvalue weighted by Gasteiger charge is 2.06. The molecule has 0 spiro atoms. The van der Waals surface area contributed by atoms with Gasteiger partial charge in [0.2, 0.25) is 0 Å². The lowest BCUT2D eigenvalue weighted by atomic mass is 10.1. The van der Waals surface area contributed by atoms with Crippen molar-refractivity contribution in [1.82, 2.24) is 0 Å². The summed E-state index contributed by atoms with van der Waals surface area (Å²) in [7, 11) is 0. The van der Waals surface area contributed by atoms with Gasteiger partial charge in [0, 0.05) is 21.2 Å². The molecule has 1 aromatic rings. The van der Waals surface area contributed by atoms with Gasteiger partial charge in [0.25, 0.3) is 0 Å². The Morgan fingerprint density at radius 2 is 2.06 bits per heavy atom. The second-order valence-electron chi connectivity index (χ2n) is 4.30. The molecule has 0 aromatic heterocycles. The van der Waals surface area contributed by atoms with Crippen molar-refractivity contribution in [3.8, 4) is 0 Å². The Labute approximate surface area is 111 Å². The van der Waals surface area contributed by atoms with Gasteiger partial charge >= 0.3 is 0 Å². The molecule has 0 amide bonds. The first kappa shape index (κ1) is 14.1. The van der Waals surface area contributed by atoms with Gasteiger partial charge in [0.15, 0.2) is 0 Å². The van der Waals surface area contributed by atoms with Crippen LogP contribution in [0.4, 0.5) is 0 Å². The van der Waals surface area contributed by atoms with E-state index in [-0.39, 0.29) is 6.04 Å². The summed E-state index contributed by atoms with van der Waals surface area (Å²) in [6.45, 7) is 6.53. The Morgan fingerprint density at radius 3 is 2.56 bits per heavy atom. The molecule has 0 heterocycles. The van der Waals surface area contributed by atoms with Crippen molar-refractivity contribution in [3.63, 3.8) is 0 Å². The fourth-order valence-corrected chi connectivity index (χ4v) is 3.07. The molecule has 0 aliphatic carbocycles. The number of halogens is 1. The molecule has 0 aliphatic heterocycles. The van der Waals surface area contributed by atoms with Crippen LogP contribution in [0.3, 0.4) is 0 Å². The zero-order valence-corrected chi connectivity index (χ0v) is 12.6. The van der Waals surface area contributed by atoms with Crippen LogP contribution in [-0.2, 0) is 0 Å². The Hall–Kier alpha value is 0.01000. The number of rotatable bonds is 5. The maximum atomic E-state index is 5.85. The van der Waals surface area contributed by atoms with Crippen LogP contribution in [0, 0.1) is 5.92 Å². The minimum atomic E-state index is 0.102. The van der Waals surface area contributed by atoms with Crippen LogP contribution >= 0.6 is 27.7 Å². The normalized spacial score (nSPS) is 14.8. The third-order valence-corrected chi connectivity index (χ3v) is 5.02. The summed E-state index contributed by atoms with van der Waals surface area (Å²) in [5.41, 5.74) is 7.03. The molecule has 1 nitrogen and oxygen atoms in total. The Morgan fingerprint density at radius 1 is 1.38 bits per heavy atom. The first-order chi connectivity index (χ1) is 7.54. The van der Waals surface area contributed by atoms with E-state index in [0.717, 1.165) is 10.4 Å². The van der Waals surface area contributed by atoms with Crippen molar-refractivity contribution in [1.29, 1.82) is 0 Å². The molecule has 2 N–H and O–H groups in total. The molecule has 2 atom stereocenters. The average molecular weight is 302 g/mol. The second-order valence-corrected chi connectivity index (χ2v) is 6.22. The fraction of sp³-hybridized carbons (Fsp3) is 0.538. The van der Waals surface area contributed by atoms with E-state index in [1.807, 2.05) is 18.7 Å². The first-order valence-corrected chi connectivity index (χ1v) is 7.50. The van der Waals surface area contributed by atoms with Gasteiger partial charge in [-0.15, -0.1) is 11.8 Å². The molecule has 3 heteroatoms. The number of hydrogen-bond donors (Lipinski definition) is 1. The van der Waals surface area contributed by atoms with E-state index in [1.54, 1.807) is 0 Å². The Bertz CT molecular complexity index is 339. The van der Waals surface area contributed by atoms with Crippen molar-refractivity contribution in [2.75, 3.05) is 5.75 Å². The van der Waals surface area contributed by atoms with E-state index in [4.69, 9.17) is 5.73 Å². The molecular formula is C13H20BrNS. The van der Waals surface area contributed by atoms with Gasteiger partial charge in [-0.2, -0.15) is 0 Å². The predicted octanol–water partition coefficient (Wildman–Crippen LogP) is 4.61. The summed E-state index contributed by atoms with van der Waals surface area (Å²) >= 11 is 5.52. The van der Waals surface area contributed by atoms with Crippen molar-refractivity contribution >= 4 is 27.7 Å². The molecule has 0 bridgehead atoms. The second kappa shape index (κ2) is 6.67. The zero-order chi connectivity index (χ0) is 12.1. The van der Waals surface area contributed by atoms with Gasteiger partial charge in [-0.3, -0.25) is 0 Å². The van der Waals surface area contributed by atoms with Gasteiger partial charge in [-0.25, -0.2) is 0 Å². The topological polar surface area (TPSA) is 26.0 Å². The van der Waals surface area contributed by atoms with E-state index < -0.39 is 0 Å². The summed E-state index contributed by atoms with van der Waals surface area (Å²) in [6.07, 6.45) is 1.24. The number of benzene rings is 1. The lowest BCUT2D eigenvalue weighted by molar-refractivity contribution is 0.637. The van der Waals surface area contributed by atoms with E-state index in [9.17, 15) is 0 Å². The quantitative estimate of drug-likeness (QED) is 0.804. The van der Waals surface area contributed by atoms with Gasteiger partial charge in [-0.1, -0.05) is 26.3 Å². The monoisotopic (exact) mass is 301 g/mol. The van der Waals surface area contributed by atoms with Crippen LogP contribution < -0.4 is 5.73 Å². The van der Waals surface area contributed by atoms with Gasteiger partial charge in [0.1, 0.15) is 0 Å². The first-order valence-electron chi connectivity index (χ1n) is 5.72. The molecule has 0 radical (unpaired) electrons. The predicted molar refractivity (Wildman–Crippen MR) is 76.9 cm³/mol. The lowest BCUT2D eigenvalue weighted by Gasteiger charge is -2.11. The molecule has 0 saturated carbocycles.